The molecule has 0 spiro atoms. The third-order valence-electron chi connectivity index (χ3n) is 5.45. The van der Waals surface area contributed by atoms with Crippen LogP contribution in [0.4, 0.5) is 22.4 Å². The van der Waals surface area contributed by atoms with Gasteiger partial charge in [0.1, 0.15) is 11.6 Å². The zero-order valence-electron chi connectivity index (χ0n) is 17.9. The van der Waals surface area contributed by atoms with E-state index in [0.29, 0.717) is 13.1 Å². The van der Waals surface area contributed by atoms with Crippen molar-refractivity contribution < 1.29 is 27.1 Å². The summed E-state index contributed by atoms with van der Waals surface area (Å²) in [5.41, 5.74) is 1.56. The van der Waals surface area contributed by atoms with Gasteiger partial charge in [0.05, 0.1) is 0 Å². The first-order valence-corrected chi connectivity index (χ1v) is 10.5. The Labute approximate surface area is 185 Å². The van der Waals surface area contributed by atoms with Gasteiger partial charge in [0.15, 0.2) is 6.61 Å². The molecule has 0 radical (unpaired) electrons. The van der Waals surface area contributed by atoms with Crippen LogP contribution in [-0.2, 0) is 13.1 Å². The normalized spacial score (nSPS) is 16.7. The molecule has 1 aliphatic rings. The first-order valence-electron chi connectivity index (χ1n) is 10.5. The summed E-state index contributed by atoms with van der Waals surface area (Å²) in [5, 5.41) is 2.87. The molecule has 5 nitrogen and oxygen atoms in total. The first-order chi connectivity index (χ1) is 15.2. The molecule has 0 aromatic heterocycles. The summed E-state index contributed by atoms with van der Waals surface area (Å²) in [7, 11) is 2.04. The summed E-state index contributed by atoms with van der Waals surface area (Å²) < 4.78 is 54.7. The Morgan fingerprint density at radius 3 is 2.38 bits per heavy atom. The van der Waals surface area contributed by atoms with E-state index in [4.69, 9.17) is 4.74 Å². The van der Waals surface area contributed by atoms with Gasteiger partial charge in [0.25, 0.3) is 0 Å². The smallest absolute Gasteiger partial charge is 0.422 e. The van der Waals surface area contributed by atoms with Gasteiger partial charge in [-0.05, 0) is 61.8 Å². The molecule has 1 atom stereocenters. The van der Waals surface area contributed by atoms with Gasteiger partial charge in [-0.25, -0.2) is 9.18 Å². The molecule has 32 heavy (non-hydrogen) atoms. The number of halogens is 4. The highest BCUT2D eigenvalue weighted by atomic mass is 19.4. The third kappa shape index (κ3) is 7.40. The van der Waals surface area contributed by atoms with E-state index in [2.05, 4.69) is 10.2 Å². The second-order valence-electron chi connectivity index (χ2n) is 7.99. The number of hydrogen-bond acceptors (Lipinski definition) is 3. The third-order valence-corrected chi connectivity index (χ3v) is 5.45. The lowest BCUT2D eigenvalue weighted by molar-refractivity contribution is -0.153. The van der Waals surface area contributed by atoms with E-state index >= 15 is 0 Å². The Morgan fingerprint density at radius 1 is 1.12 bits per heavy atom. The predicted octanol–water partition coefficient (Wildman–Crippen LogP) is 4.57. The Bertz CT molecular complexity index is 872. The van der Waals surface area contributed by atoms with Crippen molar-refractivity contribution in [2.24, 2.45) is 0 Å². The average molecular weight is 453 g/mol. The van der Waals surface area contributed by atoms with Crippen LogP contribution in [-0.4, -0.2) is 54.8 Å². The van der Waals surface area contributed by atoms with Gasteiger partial charge in [-0.15, -0.1) is 0 Å². The minimum Gasteiger partial charge on any atom is -0.484 e. The van der Waals surface area contributed by atoms with Gasteiger partial charge < -0.3 is 19.9 Å². The Balaban J connectivity index is 1.59. The molecule has 0 unspecified atom stereocenters. The number of amides is 2. The maximum atomic E-state index is 13.2. The molecular formula is C23H27F4N3O2. The van der Waals surface area contributed by atoms with E-state index in [1.807, 2.05) is 7.05 Å². The molecule has 2 amide bonds. The van der Waals surface area contributed by atoms with Crippen molar-refractivity contribution in [1.29, 1.82) is 0 Å². The highest BCUT2D eigenvalue weighted by molar-refractivity contribution is 5.74. The van der Waals surface area contributed by atoms with E-state index < -0.39 is 12.8 Å². The van der Waals surface area contributed by atoms with Crippen LogP contribution in [0.25, 0.3) is 0 Å². The fourth-order valence-electron chi connectivity index (χ4n) is 3.65. The average Bonchev–Trinajstić information content (AvgIpc) is 3.16. The minimum atomic E-state index is -4.39. The van der Waals surface area contributed by atoms with Gasteiger partial charge in [-0.1, -0.05) is 24.3 Å². The molecule has 0 bridgehead atoms. The molecule has 0 saturated carbocycles. The number of rotatable bonds is 8. The van der Waals surface area contributed by atoms with E-state index in [1.165, 1.54) is 24.3 Å². The number of carbonyl (C=O) groups excluding carboxylic acids is 1. The Morgan fingerprint density at radius 2 is 1.78 bits per heavy atom. The SMILES string of the molecule is CN1CCC[C@H]1CN(Cc1ccc(F)cc1)C(=O)NCc1ccc(OCC(F)(F)F)cc1. The zero-order chi connectivity index (χ0) is 23.1. The van der Waals surface area contributed by atoms with Gasteiger partial charge in [0, 0.05) is 25.7 Å². The van der Waals surface area contributed by atoms with E-state index in [1.54, 1.807) is 29.2 Å². The highest BCUT2D eigenvalue weighted by Crippen LogP contribution is 2.20. The number of likely N-dealkylation sites (N-methyl/N-ethyl adjacent to an activating group) is 1. The number of ether oxygens (including phenoxy) is 1. The molecule has 174 valence electrons. The molecule has 1 N–H and O–H groups in total. The minimum absolute atomic E-state index is 0.111. The van der Waals surface area contributed by atoms with Crippen LogP contribution in [0.1, 0.15) is 24.0 Å². The fourth-order valence-corrected chi connectivity index (χ4v) is 3.65. The molecule has 2 aromatic rings. The molecule has 1 saturated heterocycles. The Hall–Kier alpha value is -2.81. The summed E-state index contributed by atoms with van der Waals surface area (Å²) >= 11 is 0. The molecule has 3 rings (SSSR count). The topological polar surface area (TPSA) is 44.8 Å². The monoisotopic (exact) mass is 453 g/mol. The van der Waals surface area contributed by atoms with Gasteiger partial charge in [-0.3, -0.25) is 0 Å². The Kier molecular flexibility index (Phi) is 7.95. The van der Waals surface area contributed by atoms with Crippen molar-refractivity contribution in [1.82, 2.24) is 15.1 Å². The standard InChI is InChI=1S/C23H27F4N3O2/c1-29-12-2-3-20(29)15-30(14-18-4-8-19(24)9-5-18)22(31)28-13-17-6-10-21(11-7-17)32-16-23(25,26)27/h4-11,20H,2-3,12-16H2,1H3,(H,28,31)/t20-/m0/s1. The van der Waals surface area contributed by atoms with Crippen LogP contribution in [0, 0.1) is 5.82 Å². The zero-order valence-corrected chi connectivity index (χ0v) is 17.9. The summed E-state index contributed by atoms with van der Waals surface area (Å²) in [5.74, 6) is -0.220. The predicted molar refractivity (Wildman–Crippen MR) is 113 cm³/mol. The van der Waals surface area contributed by atoms with Gasteiger partial charge in [-0.2, -0.15) is 13.2 Å². The molecule has 1 aliphatic heterocycles. The largest absolute Gasteiger partial charge is 0.484 e. The molecule has 1 fully saturated rings. The summed E-state index contributed by atoms with van der Waals surface area (Å²) in [6.07, 6.45) is -2.31. The van der Waals surface area contributed by atoms with Crippen molar-refractivity contribution in [2.45, 2.75) is 38.1 Å². The van der Waals surface area contributed by atoms with E-state index in [9.17, 15) is 22.4 Å². The van der Waals surface area contributed by atoms with Gasteiger partial charge in [0.2, 0.25) is 0 Å². The van der Waals surface area contributed by atoms with Crippen LogP contribution in [0.2, 0.25) is 0 Å². The van der Waals surface area contributed by atoms with Crippen molar-refractivity contribution in [3.8, 4) is 5.75 Å². The van der Waals surface area contributed by atoms with Crippen molar-refractivity contribution in [3.63, 3.8) is 0 Å². The number of nitrogens with zero attached hydrogens (tertiary/aromatic N) is 2. The van der Waals surface area contributed by atoms with Crippen LogP contribution in [0.3, 0.4) is 0 Å². The lowest BCUT2D eigenvalue weighted by Crippen LogP contribution is -2.45. The quantitative estimate of drug-likeness (QED) is 0.596. The fraction of sp³-hybridized carbons (Fsp3) is 0.435. The van der Waals surface area contributed by atoms with Crippen molar-refractivity contribution >= 4 is 6.03 Å². The lowest BCUT2D eigenvalue weighted by atomic mass is 10.1. The summed E-state index contributed by atoms with van der Waals surface area (Å²) in [6, 6.07) is 12.2. The summed E-state index contributed by atoms with van der Waals surface area (Å²) in [4.78, 5) is 16.9. The second-order valence-corrected chi connectivity index (χ2v) is 7.99. The van der Waals surface area contributed by atoms with Gasteiger partial charge >= 0.3 is 12.2 Å². The van der Waals surface area contributed by atoms with Crippen LogP contribution >= 0.6 is 0 Å². The van der Waals surface area contributed by atoms with Crippen molar-refractivity contribution in [2.75, 3.05) is 26.7 Å². The molecule has 2 aromatic carbocycles. The number of urea groups is 1. The molecular weight excluding hydrogens is 426 g/mol. The van der Waals surface area contributed by atoms with Crippen LogP contribution < -0.4 is 10.1 Å². The van der Waals surface area contributed by atoms with Crippen LogP contribution in [0.5, 0.6) is 5.75 Å². The van der Waals surface area contributed by atoms with Crippen molar-refractivity contribution in [3.05, 3.63) is 65.5 Å². The highest BCUT2D eigenvalue weighted by Gasteiger charge is 2.28. The number of hydrogen-bond donors (Lipinski definition) is 1. The van der Waals surface area contributed by atoms with E-state index in [0.717, 1.165) is 30.5 Å². The number of alkyl halides is 3. The van der Waals surface area contributed by atoms with E-state index in [-0.39, 0.29) is 30.2 Å². The maximum Gasteiger partial charge on any atom is 0.422 e. The number of likely N-dealkylation sites (tertiary alicyclic amines) is 1. The summed E-state index contributed by atoms with van der Waals surface area (Å²) in [6.45, 7) is 0.750. The van der Waals surface area contributed by atoms with Crippen LogP contribution in [0.15, 0.2) is 48.5 Å². The number of carbonyl (C=O) groups is 1. The molecule has 1 heterocycles. The maximum absolute atomic E-state index is 13.2. The second kappa shape index (κ2) is 10.7. The molecule has 9 heteroatoms. The number of benzene rings is 2. The first kappa shape index (κ1) is 23.8. The molecule has 0 aliphatic carbocycles. The number of nitrogens with one attached hydrogen (secondary N) is 1. The lowest BCUT2D eigenvalue weighted by Gasteiger charge is -2.29.